The summed E-state index contributed by atoms with van der Waals surface area (Å²) in [5, 5.41) is 3.01. The number of hydrogen-bond acceptors (Lipinski definition) is 3. The summed E-state index contributed by atoms with van der Waals surface area (Å²) in [6, 6.07) is 13.8. The minimum Gasteiger partial charge on any atom is -0.464 e. The monoisotopic (exact) mass is 342 g/mol. The molecule has 1 saturated heterocycles. The zero-order chi connectivity index (χ0) is 17.6. The lowest BCUT2D eigenvalue weighted by molar-refractivity contribution is 0.0896. The van der Waals surface area contributed by atoms with E-state index < -0.39 is 0 Å². The first kappa shape index (κ1) is 17.5. The lowest BCUT2D eigenvalue weighted by Gasteiger charge is -2.20. The summed E-state index contributed by atoms with van der Waals surface area (Å²) >= 11 is 0. The van der Waals surface area contributed by atoms with Crippen LogP contribution >= 0.6 is 0 Å². The maximum absolute atomic E-state index is 12.4. The fourth-order valence-electron chi connectivity index (χ4n) is 3.10. The molecule has 1 aromatic carbocycles. The minimum atomic E-state index is -0.130. The first-order valence-corrected chi connectivity index (χ1v) is 8.85. The van der Waals surface area contributed by atoms with Crippen molar-refractivity contribution < 1.29 is 13.9 Å². The van der Waals surface area contributed by atoms with E-state index in [2.05, 4.69) is 17.4 Å². The molecular formula is C20H26N2O3. The van der Waals surface area contributed by atoms with E-state index in [0.717, 1.165) is 31.0 Å². The van der Waals surface area contributed by atoms with Crippen LogP contribution in [0.3, 0.4) is 0 Å². The number of amides is 2. The van der Waals surface area contributed by atoms with Crippen LogP contribution in [0.15, 0.2) is 46.9 Å². The molecule has 1 N–H and O–H groups in total. The number of carbonyl (C=O) groups is 1. The number of furan rings is 1. The van der Waals surface area contributed by atoms with Crippen molar-refractivity contribution in [3.05, 3.63) is 59.5 Å². The number of ether oxygens (including phenoxy) is 1. The van der Waals surface area contributed by atoms with Crippen LogP contribution in [0.2, 0.25) is 0 Å². The molecule has 1 aromatic heterocycles. The van der Waals surface area contributed by atoms with E-state index in [0.29, 0.717) is 19.1 Å². The van der Waals surface area contributed by atoms with Crippen molar-refractivity contribution in [2.24, 2.45) is 5.92 Å². The third kappa shape index (κ3) is 4.86. The van der Waals surface area contributed by atoms with Gasteiger partial charge in [0, 0.05) is 19.0 Å². The Labute approximate surface area is 149 Å². The van der Waals surface area contributed by atoms with Crippen molar-refractivity contribution in [2.45, 2.75) is 32.9 Å². The summed E-state index contributed by atoms with van der Waals surface area (Å²) in [5.74, 6) is 2.04. The number of carbonyl (C=O) groups excluding carboxylic acids is 1. The van der Waals surface area contributed by atoms with Crippen LogP contribution in [0.1, 0.15) is 36.5 Å². The van der Waals surface area contributed by atoms with Crippen LogP contribution in [-0.2, 0) is 11.3 Å². The average molecular weight is 342 g/mol. The molecule has 25 heavy (non-hydrogen) atoms. The molecular weight excluding hydrogens is 316 g/mol. The zero-order valence-electron chi connectivity index (χ0n) is 14.9. The Balaban J connectivity index is 1.40. The standard InChI is InChI=1S/C20H26N2O3/c1-15-8-9-19(25-15)16(2)21-20(23)22-11-10-18(12-22)14-24-13-17-6-4-3-5-7-17/h3-9,16,18H,10-14H2,1-2H3,(H,21,23)/t16-,18+/m0/s1. The summed E-state index contributed by atoms with van der Waals surface area (Å²) in [6.07, 6.45) is 0.983. The third-order valence-corrected chi connectivity index (χ3v) is 4.57. The maximum atomic E-state index is 12.4. The Kier molecular flexibility index (Phi) is 5.76. The summed E-state index contributed by atoms with van der Waals surface area (Å²) in [7, 11) is 0. The van der Waals surface area contributed by atoms with Crippen molar-refractivity contribution in [1.29, 1.82) is 0 Å². The number of rotatable bonds is 6. The first-order valence-electron chi connectivity index (χ1n) is 8.85. The Bertz CT molecular complexity index is 683. The van der Waals surface area contributed by atoms with Gasteiger partial charge in [0.2, 0.25) is 0 Å². The van der Waals surface area contributed by atoms with E-state index in [1.54, 1.807) is 0 Å². The molecule has 1 fully saturated rings. The van der Waals surface area contributed by atoms with Crippen molar-refractivity contribution in [1.82, 2.24) is 10.2 Å². The number of benzene rings is 1. The number of likely N-dealkylation sites (tertiary alicyclic amines) is 1. The molecule has 2 atom stereocenters. The molecule has 5 nitrogen and oxygen atoms in total. The van der Waals surface area contributed by atoms with Gasteiger partial charge in [-0.3, -0.25) is 0 Å². The smallest absolute Gasteiger partial charge is 0.317 e. The van der Waals surface area contributed by atoms with Crippen LogP contribution in [-0.4, -0.2) is 30.6 Å². The largest absolute Gasteiger partial charge is 0.464 e. The molecule has 5 heteroatoms. The highest BCUT2D eigenvalue weighted by Crippen LogP contribution is 2.20. The minimum absolute atomic E-state index is 0.0351. The van der Waals surface area contributed by atoms with Gasteiger partial charge >= 0.3 is 6.03 Å². The Morgan fingerprint density at radius 2 is 2.12 bits per heavy atom. The second-order valence-electron chi connectivity index (χ2n) is 6.72. The van der Waals surface area contributed by atoms with E-state index >= 15 is 0 Å². The van der Waals surface area contributed by atoms with Crippen LogP contribution in [0, 0.1) is 12.8 Å². The number of hydrogen-bond donors (Lipinski definition) is 1. The van der Waals surface area contributed by atoms with Crippen molar-refractivity contribution in [3.63, 3.8) is 0 Å². The second kappa shape index (κ2) is 8.21. The Morgan fingerprint density at radius 3 is 2.84 bits per heavy atom. The molecule has 2 aromatic rings. The predicted octanol–water partition coefficient (Wildman–Crippen LogP) is 3.90. The molecule has 2 heterocycles. The van der Waals surface area contributed by atoms with E-state index in [1.807, 2.05) is 49.1 Å². The molecule has 1 aliphatic rings. The van der Waals surface area contributed by atoms with Crippen LogP contribution in [0.5, 0.6) is 0 Å². The van der Waals surface area contributed by atoms with Crippen LogP contribution in [0.25, 0.3) is 0 Å². The van der Waals surface area contributed by atoms with Crippen LogP contribution < -0.4 is 5.32 Å². The molecule has 3 rings (SSSR count). The molecule has 0 saturated carbocycles. The van der Waals surface area contributed by atoms with Gasteiger partial charge in [0.15, 0.2) is 0 Å². The van der Waals surface area contributed by atoms with Gasteiger partial charge in [-0.1, -0.05) is 30.3 Å². The quantitative estimate of drug-likeness (QED) is 0.866. The highest BCUT2D eigenvalue weighted by Gasteiger charge is 2.27. The van der Waals surface area contributed by atoms with Gasteiger partial charge < -0.3 is 19.4 Å². The molecule has 0 bridgehead atoms. The van der Waals surface area contributed by atoms with Gasteiger partial charge in [-0.25, -0.2) is 4.79 Å². The zero-order valence-corrected chi connectivity index (χ0v) is 14.9. The second-order valence-corrected chi connectivity index (χ2v) is 6.72. The molecule has 0 spiro atoms. The number of urea groups is 1. The van der Waals surface area contributed by atoms with E-state index in [4.69, 9.17) is 9.15 Å². The number of nitrogens with one attached hydrogen (secondary N) is 1. The summed E-state index contributed by atoms with van der Waals surface area (Å²) in [4.78, 5) is 14.3. The topological polar surface area (TPSA) is 54.7 Å². The third-order valence-electron chi connectivity index (χ3n) is 4.57. The van der Waals surface area contributed by atoms with Crippen LogP contribution in [0.4, 0.5) is 4.79 Å². The lowest BCUT2D eigenvalue weighted by atomic mass is 10.1. The van der Waals surface area contributed by atoms with Gasteiger partial charge in [-0.2, -0.15) is 0 Å². The lowest BCUT2D eigenvalue weighted by Crippen LogP contribution is -2.39. The van der Waals surface area contributed by atoms with E-state index in [-0.39, 0.29) is 12.1 Å². The van der Waals surface area contributed by atoms with Gasteiger partial charge in [0.1, 0.15) is 11.5 Å². The molecule has 134 valence electrons. The summed E-state index contributed by atoms with van der Waals surface area (Å²) in [5.41, 5.74) is 1.18. The van der Waals surface area contributed by atoms with E-state index in [9.17, 15) is 4.79 Å². The fraction of sp³-hybridized carbons (Fsp3) is 0.450. The number of aryl methyl sites for hydroxylation is 1. The molecule has 0 radical (unpaired) electrons. The van der Waals surface area contributed by atoms with Gasteiger partial charge in [-0.05, 0) is 38.0 Å². The fourth-order valence-corrected chi connectivity index (χ4v) is 3.10. The molecule has 0 unspecified atom stereocenters. The highest BCUT2D eigenvalue weighted by atomic mass is 16.5. The maximum Gasteiger partial charge on any atom is 0.317 e. The molecule has 2 amide bonds. The van der Waals surface area contributed by atoms with Gasteiger partial charge in [-0.15, -0.1) is 0 Å². The molecule has 1 aliphatic heterocycles. The Morgan fingerprint density at radius 1 is 1.32 bits per heavy atom. The normalized spacial score (nSPS) is 18.3. The summed E-state index contributed by atoms with van der Waals surface area (Å²) in [6.45, 7) is 6.66. The molecule has 0 aliphatic carbocycles. The van der Waals surface area contributed by atoms with Crippen molar-refractivity contribution in [2.75, 3.05) is 19.7 Å². The van der Waals surface area contributed by atoms with Gasteiger partial charge in [0.05, 0.1) is 19.3 Å². The summed E-state index contributed by atoms with van der Waals surface area (Å²) < 4.78 is 11.4. The SMILES string of the molecule is Cc1ccc([C@H](C)NC(=O)N2CC[C@@H](COCc3ccccc3)C2)o1. The van der Waals surface area contributed by atoms with Crippen molar-refractivity contribution >= 4 is 6.03 Å². The predicted molar refractivity (Wildman–Crippen MR) is 96.2 cm³/mol. The highest BCUT2D eigenvalue weighted by molar-refractivity contribution is 5.74. The van der Waals surface area contributed by atoms with Gasteiger partial charge in [0.25, 0.3) is 0 Å². The van der Waals surface area contributed by atoms with Crippen molar-refractivity contribution in [3.8, 4) is 0 Å². The average Bonchev–Trinajstić information content (AvgIpc) is 3.25. The Hall–Kier alpha value is -2.27. The van der Waals surface area contributed by atoms with E-state index in [1.165, 1.54) is 5.56 Å². The number of nitrogens with zero attached hydrogens (tertiary/aromatic N) is 1. The first-order chi connectivity index (χ1) is 12.1.